The maximum Gasteiger partial charge on any atom is 0.124 e. The van der Waals surface area contributed by atoms with Crippen molar-refractivity contribution in [2.24, 2.45) is 5.92 Å². The van der Waals surface area contributed by atoms with Crippen molar-refractivity contribution in [3.05, 3.63) is 41.6 Å². The highest BCUT2D eigenvalue weighted by molar-refractivity contribution is 6.08. The number of ether oxygens (including phenoxy) is 1. The molecular weight excluding hydrogens is 307 g/mol. The van der Waals surface area contributed by atoms with Crippen LogP contribution in [0.4, 0.5) is 0 Å². The van der Waals surface area contributed by atoms with Gasteiger partial charge in [0.25, 0.3) is 0 Å². The van der Waals surface area contributed by atoms with E-state index in [1.807, 2.05) is 0 Å². The normalized spacial score (nSPS) is 16.3. The zero-order chi connectivity index (χ0) is 18.2. The zero-order valence-corrected chi connectivity index (χ0v) is 16.6. The average Bonchev–Trinajstić information content (AvgIpc) is 2.55. The Balaban J connectivity index is 1.71. The Hall–Kier alpha value is -1.42. The topological polar surface area (TPSA) is 24.5 Å². The minimum Gasteiger partial charge on any atom is -0.487 e. The third kappa shape index (κ3) is 6.11. The molecule has 1 aromatic carbocycles. The van der Waals surface area contributed by atoms with Crippen molar-refractivity contribution < 1.29 is 4.74 Å². The number of nitrogens with zero attached hydrogens (tertiary/aromatic N) is 1. The molecule has 4 heteroatoms. The monoisotopic (exact) mass is 342 g/mol. The van der Waals surface area contributed by atoms with Crippen LogP contribution in [-0.2, 0) is 6.42 Å². The maximum atomic E-state index is 6.19. The second-order valence-corrected chi connectivity index (χ2v) is 7.51. The zero-order valence-electron chi connectivity index (χ0n) is 16.6. The second-order valence-electron chi connectivity index (χ2n) is 7.51. The van der Waals surface area contributed by atoms with Crippen LogP contribution in [0.3, 0.4) is 0 Å². The fraction of sp³-hybridized carbons (Fsp3) is 0.619. The Kier molecular flexibility index (Phi) is 7.89. The predicted molar refractivity (Wildman–Crippen MR) is 110 cm³/mol. The summed E-state index contributed by atoms with van der Waals surface area (Å²) in [6.07, 6.45) is 5.09. The Morgan fingerprint density at radius 3 is 2.84 bits per heavy atom. The molecule has 2 rings (SSSR count). The van der Waals surface area contributed by atoms with Crippen LogP contribution in [0, 0.1) is 12.8 Å². The molecular formula is C21H35BN2O. The molecule has 138 valence electrons. The Bertz CT molecular complexity index is 555. The molecule has 0 bridgehead atoms. The van der Waals surface area contributed by atoms with Gasteiger partial charge in [0.1, 0.15) is 19.7 Å². The molecule has 1 atom stereocenters. The number of benzene rings is 1. The number of unbranched alkanes of at least 4 members (excludes halogenated alkanes) is 1. The van der Waals surface area contributed by atoms with E-state index in [-0.39, 0.29) is 0 Å². The number of aryl methyl sites for hydroxylation is 2. The van der Waals surface area contributed by atoms with Crippen molar-refractivity contribution in [3.8, 4) is 5.75 Å². The maximum absolute atomic E-state index is 6.19. The Morgan fingerprint density at radius 1 is 1.44 bits per heavy atom. The van der Waals surface area contributed by atoms with Gasteiger partial charge in [-0.25, -0.2) is 0 Å². The highest BCUT2D eigenvalue weighted by atomic mass is 16.5. The van der Waals surface area contributed by atoms with Gasteiger partial charge in [-0.2, -0.15) is 0 Å². The number of hydrogen-bond acceptors (Lipinski definition) is 3. The number of likely N-dealkylation sites (tertiary alicyclic amines) is 1. The van der Waals surface area contributed by atoms with Gasteiger partial charge in [-0.3, -0.25) is 4.90 Å². The third-order valence-corrected chi connectivity index (χ3v) is 5.00. The lowest BCUT2D eigenvalue weighted by molar-refractivity contribution is 0.0135. The van der Waals surface area contributed by atoms with Crippen LogP contribution in [0.1, 0.15) is 37.8 Å². The van der Waals surface area contributed by atoms with E-state index in [1.54, 1.807) is 0 Å². The van der Waals surface area contributed by atoms with Crippen LogP contribution in [0.2, 0.25) is 6.32 Å². The summed E-state index contributed by atoms with van der Waals surface area (Å²) in [5.74, 6) is 1.52. The number of hydrogen-bond donors (Lipinski definition) is 1. The minimum atomic E-state index is 0.323. The molecule has 1 fully saturated rings. The van der Waals surface area contributed by atoms with Crippen LogP contribution in [0.5, 0.6) is 5.75 Å². The predicted octanol–water partition coefficient (Wildman–Crippen LogP) is 3.19. The summed E-state index contributed by atoms with van der Waals surface area (Å²) in [4.78, 5) is 2.46. The summed E-state index contributed by atoms with van der Waals surface area (Å²) in [5.41, 5.74) is 3.83. The van der Waals surface area contributed by atoms with Gasteiger partial charge >= 0.3 is 0 Å². The molecule has 0 radical (unpaired) electrons. The second kappa shape index (κ2) is 9.91. The van der Waals surface area contributed by atoms with Crippen molar-refractivity contribution in [1.29, 1.82) is 0 Å². The fourth-order valence-electron chi connectivity index (χ4n) is 3.31. The molecule has 1 heterocycles. The van der Waals surface area contributed by atoms with Gasteiger partial charge in [-0.15, -0.1) is 0 Å². The lowest BCUT2D eigenvalue weighted by Crippen LogP contribution is -2.55. The molecule has 1 aromatic rings. The van der Waals surface area contributed by atoms with Crippen LogP contribution in [0.25, 0.3) is 0 Å². The summed E-state index contributed by atoms with van der Waals surface area (Å²) in [6, 6.07) is 6.62. The SMILES string of the molecule is BCCc1ccc(OC2CN(CC(C)C(=C)NCCCC)C2)c(C)c1. The van der Waals surface area contributed by atoms with E-state index in [9.17, 15) is 0 Å². The quantitative estimate of drug-likeness (QED) is 0.494. The first-order valence-corrected chi connectivity index (χ1v) is 9.94. The molecule has 25 heavy (non-hydrogen) atoms. The van der Waals surface area contributed by atoms with Crippen LogP contribution in [0.15, 0.2) is 30.5 Å². The molecule has 1 unspecified atom stereocenters. The van der Waals surface area contributed by atoms with E-state index in [4.69, 9.17) is 4.74 Å². The van der Waals surface area contributed by atoms with Gasteiger partial charge in [-0.05, 0) is 37.0 Å². The first-order valence-electron chi connectivity index (χ1n) is 9.94. The Labute approximate surface area is 155 Å². The van der Waals surface area contributed by atoms with Crippen LogP contribution >= 0.6 is 0 Å². The van der Waals surface area contributed by atoms with E-state index in [0.717, 1.165) is 38.3 Å². The summed E-state index contributed by atoms with van der Waals surface area (Å²) in [5, 5.41) is 3.46. The number of rotatable bonds is 11. The molecule has 1 aliphatic heterocycles. The molecule has 1 N–H and O–H groups in total. The van der Waals surface area contributed by atoms with Crippen molar-refractivity contribution >= 4 is 7.85 Å². The van der Waals surface area contributed by atoms with Crippen LogP contribution < -0.4 is 10.1 Å². The fourth-order valence-corrected chi connectivity index (χ4v) is 3.31. The molecule has 1 aliphatic rings. The minimum absolute atomic E-state index is 0.323. The van der Waals surface area contributed by atoms with Gasteiger partial charge in [0, 0.05) is 37.8 Å². The lowest BCUT2D eigenvalue weighted by Gasteiger charge is -2.40. The molecule has 3 nitrogen and oxygen atoms in total. The smallest absolute Gasteiger partial charge is 0.124 e. The largest absolute Gasteiger partial charge is 0.487 e. The van der Waals surface area contributed by atoms with Gasteiger partial charge in [0.2, 0.25) is 0 Å². The standard InChI is InChI=1S/C21H35BN2O/c1-5-6-11-23-18(4)17(3)13-24-14-20(15-24)25-21-8-7-19(9-10-22)12-16(21)2/h7-8,12,17,20,23H,4-6,9-11,13-15,22H2,1-3H3. The van der Waals surface area contributed by atoms with Crippen molar-refractivity contribution in [1.82, 2.24) is 10.2 Å². The van der Waals surface area contributed by atoms with Crippen molar-refractivity contribution in [2.45, 2.75) is 52.5 Å². The molecule has 0 aliphatic carbocycles. The summed E-state index contributed by atoms with van der Waals surface area (Å²) >= 11 is 0. The van der Waals surface area contributed by atoms with E-state index < -0.39 is 0 Å². The van der Waals surface area contributed by atoms with Gasteiger partial charge in [-0.1, -0.05) is 45.3 Å². The van der Waals surface area contributed by atoms with Crippen molar-refractivity contribution in [3.63, 3.8) is 0 Å². The first kappa shape index (κ1) is 19.9. The van der Waals surface area contributed by atoms with Crippen LogP contribution in [-0.4, -0.2) is 45.0 Å². The van der Waals surface area contributed by atoms with Gasteiger partial charge in [0.05, 0.1) is 0 Å². The van der Waals surface area contributed by atoms with E-state index >= 15 is 0 Å². The van der Waals surface area contributed by atoms with Crippen molar-refractivity contribution in [2.75, 3.05) is 26.2 Å². The summed E-state index contributed by atoms with van der Waals surface area (Å²) in [7, 11) is 2.22. The highest BCUT2D eigenvalue weighted by Gasteiger charge is 2.30. The third-order valence-electron chi connectivity index (χ3n) is 5.00. The lowest BCUT2D eigenvalue weighted by atomic mass is 9.96. The summed E-state index contributed by atoms with van der Waals surface area (Å²) in [6.45, 7) is 14.9. The Morgan fingerprint density at radius 2 is 2.20 bits per heavy atom. The first-order chi connectivity index (χ1) is 12.0. The van der Waals surface area contributed by atoms with E-state index in [0.29, 0.717) is 12.0 Å². The number of nitrogens with one attached hydrogen (secondary N) is 1. The highest BCUT2D eigenvalue weighted by Crippen LogP contribution is 2.24. The average molecular weight is 342 g/mol. The molecule has 0 saturated carbocycles. The molecule has 0 spiro atoms. The van der Waals surface area contributed by atoms with Gasteiger partial charge < -0.3 is 10.1 Å². The van der Waals surface area contributed by atoms with E-state index in [1.165, 1.54) is 36.0 Å². The van der Waals surface area contributed by atoms with Gasteiger partial charge in [0.15, 0.2) is 0 Å². The van der Waals surface area contributed by atoms with E-state index in [2.05, 4.69) is 63.6 Å². The summed E-state index contributed by atoms with van der Waals surface area (Å²) < 4.78 is 6.19. The molecule has 1 saturated heterocycles. The molecule has 0 aromatic heterocycles. The molecule has 0 amide bonds.